The molecule has 2 unspecified atom stereocenters. The first-order valence-electron chi connectivity index (χ1n) is 4.42. The summed E-state index contributed by atoms with van der Waals surface area (Å²) in [6, 6.07) is 0.890. The summed E-state index contributed by atoms with van der Waals surface area (Å²) in [4.78, 5) is 0. The van der Waals surface area contributed by atoms with Gasteiger partial charge in [0.1, 0.15) is 0 Å². The summed E-state index contributed by atoms with van der Waals surface area (Å²) in [5.41, 5.74) is 5.76. The second kappa shape index (κ2) is 7.33. The van der Waals surface area contributed by atoms with Crippen molar-refractivity contribution in [1.82, 2.24) is 6.15 Å². The molecule has 0 fully saturated rings. The molecular formula is C8H24N2O3Si. The second-order valence-electron chi connectivity index (χ2n) is 3.34. The topological polar surface area (TPSA) is 88.7 Å². The van der Waals surface area contributed by atoms with Crippen LogP contribution in [0.3, 0.4) is 0 Å². The average molecular weight is 224 g/mol. The average Bonchev–Trinajstić information content (AvgIpc) is 2.14. The fourth-order valence-electron chi connectivity index (χ4n) is 1.08. The van der Waals surface area contributed by atoms with Gasteiger partial charge in [0, 0.05) is 33.4 Å². The van der Waals surface area contributed by atoms with Crippen molar-refractivity contribution >= 4 is 8.80 Å². The van der Waals surface area contributed by atoms with E-state index in [1.54, 1.807) is 21.3 Å². The first kappa shape index (κ1) is 16.4. The van der Waals surface area contributed by atoms with Crippen molar-refractivity contribution in [3.8, 4) is 0 Å². The van der Waals surface area contributed by atoms with Crippen LogP contribution in [0, 0.1) is 5.92 Å². The van der Waals surface area contributed by atoms with Gasteiger partial charge in [-0.05, 0) is 12.8 Å². The van der Waals surface area contributed by atoms with Crippen molar-refractivity contribution in [2.45, 2.75) is 25.9 Å². The van der Waals surface area contributed by atoms with Gasteiger partial charge in [0.15, 0.2) is 0 Å². The number of hydrogen-bond acceptors (Lipinski definition) is 5. The maximum Gasteiger partial charge on any atom is 0.500 e. The van der Waals surface area contributed by atoms with Gasteiger partial charge >= 0.3 is 8.80 Å². The second-order valence-corrected chi connectivity index (χ2v) is 6.33. The van der Waals surface area contributed by atoms with E-state index in [0.29, 0.717) is 5.92 Å². The first-order chi connectivity index (χ1) is 6.01. The van der Waals surface area contributed by atoms with Crippen molar-refractivity contribution in [2.75, 3.05) is 21.3 Å². The van der Waals surface area contributed by atoms with E-state index in [0.717, 1.165) is 6.04 Å². The fourth-order valence-corrected chi connectivity index (χ4v) is 3.24. The van der Waals surface area contributed by atoms with E-state index < -0.39 is 8.80 Å². The Bertz CT molecular complexity index is 134. The van der Waals surface area contributed by atoms with Gasteiger partial charge in [0.25, 0.3) is 0 Å². The van der Waals surface area contributed by atoms with Crippen LogP contribution in [-0.4, -0.2) is 36.2 Å². The third-order valence-corrected chi connectivity index (χ3v) is 5.41. The zero-order valence-electron chi connectivity index (χ0n) is 9.87. The standard InChI is InChI=1S/C8H21NO3Si.H3N/c1-7(8(2)9)6-13(10-3,11-4)12-5;/h7-8H,6,9H2,1-5H3;1H3. The molecule has 5 N–H and O–H groups in total. The summed E-state index contributed by atoms with van der Waals surface area (Å²) in [7, 11) is 2.43. The fraction of sp³-hybridized carbons (Fsp3) is 1.00. The van der Waals surface area contributed by atoms with E-state index in [1.165, 1.54) is 0 Å². The summed E-state index contributed by atoms with van der Waals surface area (Å²) in [5, 5.41) is 0. The molecule has 14 heavy (non-hydrogen) atoms. The van der Waals surface area contributed by atoms with Crippen molar-refractivity contribution < 1.29 is 13.3 Å². The third-order valence-electron chi connectivity index (χ3n) is 2.40. The van der Waals surface area contributed by atoms with Crippen LogP contribution in [-0.2, 0) is 13.3 Å². The van der Waals surface area contributed by atoms with Gasteiger partial charge in [0.2, 0.25) is 0 Å². The highest BCUT2D eigenvalue weighted by molar-refractivity contribution is 6.60. The van der Waals surface area contributed by atoms with Gasteiger partial charge in [-0.3, -0.25) is 0 Å². The highest BCUT2D eigenvalue weighted by atomic mass is 28.4. The minimum absolute atomic E-state index is 0. The number of nitrogens with two attached hydrogens (primary N) is 1. The summed E-state index contributed by atoms with van der Waals surface area (Å²) < 4.78 is 15.9. The lowest BCUT2D eigenvalue weighted by Crippen LogP contribution is -2.46. The molecule has 0 aliphatic heterocycles. The van der Waals surface area contributed by atoms with Crippen LogP contribution in [0.2, 0.25) is 6.04 Å². The molecule has 0 aromatic heterocycles. The van der Waals surface area contributed by atoms with E-state index in [4.69, 9.17) is 19.0 Å². The molecule has 2 atom stereocenters. The zero-order valence-corrected chi connectivity index (χ0v) is 10.9. The molecule has 88 valence electrons. The van der Waals surface area contributed by atoms with Crippen LogP contribution in [0.1, 0.15) is 13.8 Å². The van der Waals surface area contributed by atoms with Crippen molar-refractivity contribution in [1.29, 1.82) is 0 Å². The van der Waals surface area contributed by atoms with Gasteiger partial charge in [-0.1, -0.05) is 6.92 Å². The quantitative estimate of drug-likeness (QED) is 0.657. The Hall–Kier alpha value is 0.0169. The SMILES string of the molecule is CO[Si](CC(C)C(C)N)(OC)OC.N. The third kappa shape index (κ3) is 4.49. The van der Waals surface area contributed by atoms with E-state index in [9.17, 15) is 0 Å². The van der Waals surface area contributed by atoms with Gasteiger partial charge in [0.05, 0.1) is 0 Å². The maximum atomic E-state index is 5.76. The molecule has 5 nitrogen and oxygen atoms in total. The van der Waals surface area contributed by atoms with Gasteiger partial charge < -0.3 is 25.2 Å². The largest absolute Gasteiger partial charge is 0.500 e. The van der Waals surface area contributed by atoms with Crippen LogP contribution < -0.4 is 11.9 Å². The molecule has 0 amide bonds. The molecule has 0 saturated carbocycles. The first-order valence-corrected chi connectivity index (χ1v) is 6.35. The summed E-state index contributed by atoms with van der Waals surface area (Å²) >= 11 is 0. The molecule has 0 heterocycles. The molecular weight excluding hydrogens is 200 g/mol. The summed E-state index contributed by atoms with van der Waals surface area (Å²) in [6.07, 6.45) is 0. The Morgan fingerprint density at radius 3 is 1.64 bits per heavy atom. The molecule has 0 aromatic carbocycles. The molecule has 0 radical (unpaired) electrons. The highest BCUT2D eigenvalue weighted by Crippen LogP contribution is 2.20. The lowest BCUT2D eigenvalue weighted by molar-refractivity contribution is 0.117. The highest BCUT2D eigenvalue weighted by Gasteiger charge is 2.39. The monoisotopic (exact) mass is 224 g/mol. The van der Waals surface area contributed by atoms with E-state index in [-0.39, 0.29) is 12.2 Å². The lowest BCUT2D eigenvalue weighted by atomic mass is 10.1. The lowest BCUT2D eigenvalue weighted by Gasteiger charge is -2.28. The zero-order chi connectivity index (χ0) is 10.5. The molecule has 0 aromatic rings. The summed E-state index contributed by atoms with van der Waals surface area (Å²) in [5.74, 6) is 0.339. The minimum atomic E-state index is -2.42. The molecule has 0 bridgehead atoms. The summed E-state index contributed by atoms with van der Waals surface area (Å²) in [6.45, 7) is 4.05. The molecule has 0 spiro atoms. The molecule has 0 aliphatic rings. The predicted molar refractivity (Wildman–Crippen MR) is 59.4 cm³/mol. The van der Waals surface area contributed by atoms with Crippen LogP contribution in [0.5, 0.6) is 0 Å². The Balaban J connectivity index is 0. The normalized spacial score (nSPS) is 15.9. The van der Waals surface area contributed by atoms with Crippen molar-refractivity contribution in [3.05, 3.63) is 0 Å². The number of rotatable bonds is 6. The van der Waals surface area contributed by atoms with E-state index >= 15 is 0 Å². The Labute approximate surface area is 87.9 Å². The van der Waals surface area contributed by atoms with Crippen molar-refractivity contribution in [3.63, 3.8) is 0 Å². The van der Waals surface area contributed by atoms with E-state index in [2.05, 4.69) is 6.92 Å². The van der Waals surface area contributed by atoms with Crippen LogP contribution in [0.4, 0.5) is 0 Å². The Kier molecular flexibility index (Phi) is 8.61. The van der Waals surface area contributed by atoms with Crippen molar-refractivity contribution in [2.24, 2.45) is 11.7 Å². The van der Waals surface area contributed by atoms with Gasteiger partial charge in [-0.25, -0.2) is 0 Å². The Morgan fingerprint density at radius 2 is 1.43 bits per heavy atom. The smallest absolute Gasteiger partial charge is 0.377 e. The van der Waals surface area contributed by atoms with Crippen LogP contribution >= 0.6 is 0 Å². The van der Waals surface area contributed by atoms with Gasteiger partial charge in [-0.2, -0.15) is 0 Å². The van der Waals surface area contributed by atoms with Crippen LogP contribution in [0.15, 0.2) is 0 Å². The molecule has 0 aliphatic carbocycles. The maximum absolute atomic E-state index is 5.76. The molecule has 0 rings (SSSR count). The predicted octanol–water partition coefficient (Wildman–Crippen LogP) is 1.01. The van der Waals surface area contributed by atoms with E-state index in [1.807, 2.05) is 6.92 Å². The number of hydrogen-bond donors (Lipinski definition) is 2. The van der Waals surface area contributed by atoms with Gasteiger partial charge in [-0.15, -0.1) is 0 Å². The molecule has 0 saturated heterocycles. The van der Waals surface area contributed by atoms with Crippen LogP contribution in [0.25, 0.3) is 0 Å². The minimum Gasteiger partial charge on any atom is -0.377 e. The molecule has 6 heteroatoms. The Morgan fingerprint density at radius 1 is 1.07 bits per heavy atom.